The van der Waals surface area contributed by atoms with Crippen LogP contribution in [0.15, 0.2) is 29.2 Å². The fraction of sp³-hybridized carbons (Fsp3) is 0.200. The van der Waals surface area contributed by atoms with Gasteiger partial charge in [0, 0.05) is 31.3 Å². The zero-order valence-corrected chi connectivity index (χ0v) is 16.9. The van der Waals surface area contributed by atoms with Gasteiger partial charge >= 0.3 is 5.97 Å². The summed E-state index contributed by atoms with van der Waals surface area (Å²) in [5, 5.41) is -0.0929. The summed E-state index contributed by atoms with van der Waals surface area (Å²) in [7, 11) is 0. The van der Waals surface area contributed by atoms with Gasteiger partial charge in [-0.15, -0.1) is 5.06 Å². The van der Waals surface area contributed by atoms with Gasteiger partial charge in [-0.1, -0.05) is 11.6 Å². The Labute approximate surface area is 182 Å². The summed E-state index contributed by atoms with van der Waals surface area (Å²) in [5.74, 6) is -6.17. The van der Waals surface area contributed by atoms with Crippen LogP contribution in [-0.4, -0.2) is 35.2 Å². The number of halogens is 5. The number of nitrogens with two attached hydrogens (primary N) is 2. The SMILES string of the molecule is NCC1CN(OC(=O)c2cn(-c3cc(N)c(F)cc3F)c3c(Cl)c(F)c(F)cc3c2=O)C1. The highest BCUT2D eigenvalue weighted by molar-refractivity contribution is 6.35. The lowest BCUT2D eigenvalue weighted by molar-refractivity contribution is -0.171. The van der Waals surface area contributed by atoms with E-state index >= 15 is 0 Å². The van der Waals surface area contributed by atoms with Gasteiger partial charge in [0.15, 0.2) is 11.6 Å². The third-order valence-electron chi connectivity index (χ3n) is 5.14. The van der Waals surface area contributed by atoms with E-state index in [2.05, 4.69) is 0 Å². The molecule has 168 valence electrons. The van der Waals surface area contributed by atoms with Crippen LogP contribution in [0.5, 0.6) is 0 Å². The number of carbonyl (C=O) groups is 1. The molecule has 1 aliphatic heterocycles. The van der Waals surface area contributed by atoms with Gasteiger partial charge in [-0.2, -0.15) is 0 Å². The van der Waals surface area contributed by atoms with Crippen molar-refractivity contribution in [1.29, 1.82) is 0 Å². The lowest BCUT2D eigenvalue weighted by atomic mass is 10.0. The van der Waals surface area contributed by atoms with Crippen molar-refractivity contribution < 1.29 is 27.2 Å². The molecule has 4 N–H and O–H groups in total. The van der Waals surface area contributed by atoms with E-state index in [9.17, 15) is 27.2 Å². The zero-order valence-electron chi connectivity index (χ0n) is 16.2. The minimum Gasteiger partial charge on any atom is -0.396 e. The standard InChI is InChI=1S/C20H15ClF4N4O3/c21-16-17(25)13(24)1-9-18(16)29(15-3-14(27)11(22)2-12(15)23)7-10(19(9)30)20(31)32-28-5-8(4-26)6-28/h1-3,7-8H,4-6,26-27H2. The monoisotopic (exact) mass is 470 g/mol. The molecule has 0 unspecified atom stereocenters. The van der Waals surface area contributed by atoms with Crippen molar-refractivity contribution in [2.45, 2.75) is 0 Å². The first-order valence-electron chi connectivity index (χ1n) is 9.27. The molecule has 4 rings (SSSR count). The Morgan fingerprint density at radius 1 is 1.12 bits per heavy atom. The number of carbonyl (C=O) groups excluding carboxylic acids is 1. The average Bonchev–Trinajstić information content (AvgIpc) is 2.72. The van der Waals surface area contributed by atoms with Gasteiger partial charge in [0.05, 0.1) is 22.3 Å². The largest absolute Gasteiger partial charge is 0.396 e. The highest BCUT2D eigenvalue weighted by atomic mass is 35.5. The topological polar surface area (TPSA) is 104 Å². The van der Waals surface area contributed by atoms with E-state index in [0.717, 1.165) is 16.8 Å². The molecule has 0 amide bonds. The number of nitrogens with zero attached hydrogens (tertiary/aromatic N) is 2. The lowest BCUT2D eigenvalue weighted by Crippen LogP contribution is -2.50. The quantitative estimate of drug-likeness (QED) is 0.345. The molecular weight excluding hydrogens is 456 g/mol. The van der Waals surface area contributed by atoms with Crippen molar-refractivity contribution in [3.63, 3.8) is 0 Å². The number of hydroxylamine groups is 2. The Kier molecular flexibility index (Phi) is 5.57. The van der Waals surface area contributed by atoms with E-state index in [1.165, 1.54) is 5.06 Å². The molecule has 0 spiro atoms. The van der Waals surface area contributed by atoms with E-state index in [1.54, 1.807) is 0 Å². The van der Waals surface area contributed by atoms with Crippen LogP contribution in [0.25, 0.3) is 16.6 Å². The number of anilines is 1. The predicted octanol–water partition coefficient (Wildman–Crippen LogP) is 2.75. The number of benzene rings is 2. The van der Waals surface area contributed by atoms with Crippen LogP contribution in [0.2, 0.25) is 5.02 Å². The number of nitrogen functional groups attached to an aromatic ring is 1. The van der Waals surface area contributed by atoms with Crippen LogP contribution in [0.3, 0.4) is 0 Å². The number of rotatable bonds is 4. The Morgan fingerprint density at radius 2 is 1.81 bits per heavy atom. The zero-order chi connectivity index (χ0) is 23.3. The third kappa shape index (κ3) is 3.57. The van der Waals surface area contributed by atoms with Crippen molar-refractivity contribution in [3.8, 4) is 5.69 Å². The van der Waals surface area contributed by atoms with Gasteiger partial charge in [-0.05, 0) is 18.7 Å². The molecule has 12 heteroatoms. The lowest BCUT2D eigenvalue weighted by Gasteiger charge is -2.36. The summed E-state index contributed by atoms with van der Waals surface area (Å²) in [6.07, 6.45) is 0.853. The molecule has 32 heavy (non-hydrogen) atoms. The average molecular weight is 471 g/mol. The summed E-state index contributed by atoms with van der Waals surface area (Å²) >= 11 is 5.92. The van der Waals surface area contributed by atoms with Crippen LogP contribution in [0, 0.1) is 29.2 Å². The summed E-state index contributed by atoms with van der Waals surface area (Å²) < 4.78 is 57.3. The number of pyridine rings is 1. The molecule has 0 radical (unpaired) electrons. The fourth-order valence-electron chi connectivity index (χ4n) is 3.38. The molecule has 2 heterocycles. The maximum Gasteiger partial charge on any atom is 0.362 e. The maximum atomic E-state index is 14.6. The smallest absolute Gasteiger partial charge is 0.362 e. The summed E-state index contributed by atoms with van der Waals surface area (Å²) in [4.78, 5) is 30.7. The van der Waals surface area contributed by atoms with Crippen LogP contribution >= 0.6 is 11.6 Å². The van der Waals surface area contributed by atoms with Crippen LogP contribution < -0.4 is 16.9 Å². The normalized spacial score (nSPS) is 14.6. The second kappa shape index (κ2) is 8.08. The van der Waals surface area contributed by atoms with E-state index in [0.29, 0.717) is 31.8 Å². The van der Waals surface area contributed by atoms with Crippen LogP contribution in [0.4, 0.5) is 23.2 Å². The Balaban J connectivity index is 1.95. The predicted molar refractivity (Wildman–Crippen MR) is 108 cm³/mol. The van der Waals surface area contributed by atoms with Crippen molar-refractivity contribution in [1.82, 2.24) is 9.63 Å². The van der Waals surface area contributed by atoms with Gasteiger partial charge in [-0.25, -0.2) is 22.4 Å². The third-order valence-corrected chi connectivity index (χ3v) is 5.48. The first kappa shape index (κ1) is 22.1. The molecule has 1 aromatic heterocycles. The summed E-state index contributed by atoms with van der Waals surface area (Å²) in [6, 6.07) is 1.86. The number of fused-ring (bicyclic) bond motifs is 1. The number of aromatic nitrogens is 1. The molecule has 1 aliphatic rings. The molecule has 0 atom stereocenters. The first-order valence-corrected chi connectivity index (χ1v) is 9.65. The van der Waals surface area contributed by atoms with E-state index in [1.807, 2.05) is 0 Å². The Morgan fingerprint density at radius 3 is 2.47 bits per heavy atom. The van der Waals surface area contributed by atoms with Gasteiger partial charge in [0.2, 0.25) is 5.43 Å². The van der Waals surface area contributed by atoms with Crippen molar-refractivity contribution >= 4 is 34.2 Å². The van der Waals surface area contributed by atoms with Crippen LogP contribution in [-0.2, 0) is 4.84 Å². The summed E-state index contributed by atoms with van der Waals surface area (Å²) in [6.45, 7) is 1.07. The van der Waals surface area contributed by atoms with Crippen molar-refractivity contribution in [2.75, 3.05) is 25.4 Å². The highest BCUT2D eigenvalue weighted by Crippen LogP contribution is 2.31. The molecule has 0 bridgehead atoms. The Bertz CT molecular complexity index is 1320. The van der Waals surface area contributed by atoms with Gasteiger partial charge in [-0.3, -0.25) is 4.79 Å². The molecule has 7 nitrogen and oxygen atoms in total. The van der Waals surface area contributed by atoms with Gasteiger partial charge in [0.1, 0.15) is 22.2 Å². The maximum absolute atomic E-state index is 14.6. The minimum atomic E-state index is -1.49. The van der Waals surface area contributed by atoms with Crippen molar-refractivity contribution in [3.05, 3.63) is 68.5 Å². The van der Waals surface area contributed by atoms with Gasteiger partial charge < -0.3 is 20.9 Å². The fourth-order valence-corrected chi connectivity index (χ4v) is 3.66. The molecule has 1 saturated heterocycles. The summed E-state index contributed by atoms with van der Waals surface area (Å²) in [5.41, 5.74) is 8.03. The second-order valence-corrected chi connectivity index (χ2v) is 7.65. The molecule has 0 aliphatic carbocycles. The van der Waals surface area contributed by atoms with Crippen molar-refractivity contribution in [2.24, 2.45) is 11.7 Å². The molecule has 3 aromatic rings. The second-order valence-electron chi connectivity index (χ2n) is 7.28. The van der Waals surface area contributed by atoms with Crippen LogP contribution in [0.1, 0.15) is 10.4 Å². The molecular formula is C20H15ClF4N4O3. The first-order chi connectivity index (χ1) is 15.1. The van der Waals surface area contributed by atoms with Gasteiger partial charge in [0.25, 0.3) is 0 Å². The highest BCUT2D eigenvalue weighted by Gasteiger charge is 2.31. The number of hydrogen-bond acceptors (Lipinski definition) is 6. The number of hydrogen-bond donors (Lipinski definition) is 2. The van der Waals surface area contributed by atoms with E-state index < -0.39 is 67.5 Å². The Hall–Kier alpha value is -3.15. The minimum absolute atomic E-state index is 0.114. The van der Waals surface area contributed by atoms with E-state index in [4.69, 9.17) is 27.9 Å². The molecule has 0 saturated carbocycles. The molecule has 2 aromatic carbocycles. The molecule has 1 fully saturated rings. The van der Waals surface area contributed by atoms with E-state index in [-0.39, 0.29) is 5.92 Å².